The van der Waals surface area contributed by atoms with Gasteiger partial charge in [0, 0.05) is 5.75 Å². The van der Waals surface area contributed by atoms with Crippen LogP contribution >= 0.6 is 11.8 Å². The fraction of sp³-hybridized carbons (Fsp3) is 0.263. The molecule has 0 spiro atoms. The van der Waals surface area contributed by atoms with Gasteiger partial charge in [-0.3, -0.25) is 0 Å². The average Bonchev–Trinajstić information content (AvgIpc) is 3.09. The minimum atomic E-state index is 0.477. The van der Waals surface area contributed by atoms with E-state index in [4.69, 9.17) is 9.15 Å². The highest BCUT2D eigenvalue weighted by molar-refractivity contribution is 7.98. The van der Waals surface area contributed by atoms with Gasteiger partial charge < -0.3 is 9.15 Å². The smallest absolute Gasteiger partial charge is 0.277 e. The van der Waals surface area contributed by atoms with Gasteiger partial charge in [0.25, 0.3) is 11.1 Å². The van der Waals surface area contributed by atoms with E-state index in [2.05, 4.69) is 48.3 Å². The second-order valence-electron chi connectivity index (χ2n) is 5.76. The predicted molar refractivity (Wildman–Crippen MR) is 96.4 cm³/mol. The lowest BCUT2D eigenvalue weighted by molar-refractivity contribution is 0.411. The molecule has 0 saturated carbocycles. The van der Waals surface area contributed by atoms with E-state index in [1.165, 1.54) is 22.9 Å². The molecule has 0 atom stereocenters. The molecule has 1 aromatic heterocycles. The highest BCUT2D eigenvalue weighted by atomic mass is 32.2. The number of aromatic nitrogens is 2. The summed E-state index contributed by atoms with van der Waals surface area (Å²) < 4.78 is 11.1. The van der Waals surface area contributed by atoms with Crippen LogP contribution in [-0.4, -0.2) is 17.3 Å². The van der Waals surface area contributed by atoms with E-state index in [1.807, 2.05) is 24.3 Å². The van der Waals surface area contributed by atoms with Crippen molar-refractivity contribution >= 4 is 11.8 Å². The number of methoxy groups -OCH3 is 1. The highest BCUT2D eigenvalue weighted by Crippen LogP contribution is 2.31. The number of hydrogen-bond acceptors (Lipinski definition) is 5. The summed E-state index contributed by atoms with van der Waals surface area (Å²) in [7, 11) is 1.63. The Balaban J connectivity index is 1.68. The predicted octanol–water partition coefficient (Wildman–Crippen LogP) is 5.16. The van der Waals surface area contributed by atoms with Crippen molar-refractivity contribution in [2.75, 3.05) is 7.11 Å². The summed E-state index contributed by atoms with van der Waals surface area (Å²) in [6.07, 6.45) is 0. The van der Waals surface area contributed by atoms with E-state index in [0.717, 1.165) is 17.1 Å². The lowest BCUT2D eigenvalue weighted by atomic mass is 10.0. The molecule has 0 N–H and O–H groups in total. The minimum absolute atomic E-state index is 0.477. The minimum Gasteiger partial charge on any atom is -0.496 e. The molecular formula is C19H20N2O2S. The van der Waals surface area contributed by atoms with Gasteiger partial charge in [0.2, 0.25) is 0 Å². The second kappa shape index (κ2) is 7.53. The molecule has 3 aromatic rings. The Kier molecular flexibility index (Phi) is 5.20. The maximum atomic E-state index is 5.76. The van der Waals surface area contributed by atoms with Crippen molar-refractivity contribution in [2.45, 2.75) is 30.7 Å². The van der Waals surface area contributed by atoms with Crippen molar-refractivity contribution in [3.05, 3.63) is 59.7 Å². The van der Waals surface area contributed by atoms with Gasteiger partial charge in [0.05, 0.1) is 12.7 Å². The summed E-state index contributed by atoms with van der Waals surface area (Å²) in [5, 5.41) is 8.81. The maximum Gasteiger partial charge on any atom is 0.277 e. The zero-order valence-electron chi connectivity index (χ0n) is 14.0. The normalized spacial score (nSPS) is 11.0. The molecule has 0 saturated heterocycles. The maximum absolute atomic E-state index is 5.76. The molecule has 4 nitrogen and oxygen atoms in total. The van der Waals surface area contributed by atoms with Crippen molar-refractivity contribution in [1.29, 1.82) is 0 Å². The lowest BCUT2D eigenvalue weighted by Crippen LogP contribution is -1.88. The Morgan fingerprint density at radius 1 is 1.04 bits per heavy atom. The molecule has 3 rings (SSSR count). The highest BCUT2D eigenvalue weighted by Gasteiger charge is 2.13. The van der Waals surface area contributed by atoms with Crippen molar-refractivity contribution < 1.29 is 9.15 Å². The Labute approximate surface area is 146 Å². The van der Waals surface area contributed by atoms with E-state index in [9.17, 15) is 0 Å². The summed E-state index contributed by atoms with van der Waals surface area (Å²) in [5.74, 6) is 2.55. The summed E-state index contributed by atoms with van der Waals surface area (Å²) in [4.78, 5) is 0. The summed E-state index contributed by atoms with van der Waals surface area (Å²) >= 11 is 1.54. The summed E-state index contributed by atoms with van der Waals surface area (Å²) in [6.45, 7) is 4.39. The van der Waals surface area contributed by atoms with Crippen LogP contribution in [0.2, 0.25) is 0 Å². The third-order valence-electron chi connectivity index (χ3n) is 3.75. The SMILES string of the molecule is COc1ccccc1-c1nnc(SCc2ccc(C(C)C)cc2)o1. The van der Waals surface area contributed by atoms with Gasteiger partial charge in [0.15, 0.2) is 0 Å². The second-order valence-corrected chi connectivity index (χ2v) is 6.68. The first-order valence-corrected chi connectivity index (χ1v) is 8.84. The molecule has 0 bridgehead atoms. The first kappa shape index (κ1) is 16.6. The molecule has 0 aliphatic carbocycles. The molecule has 1 heterocycles. The van der Waals surface area contributed by atoms with Gasteiger partial charge in [-0.15, -0.1) is 10.2 Å². The zero-order valence-corrected chi connectivity index (χ0v) is 14.8. The average molecular weight is 340 g/mol. The number of rotatable bonds is 6. The van der Waals surface area contributed by atoms with E-state index >= 15 is 0 Å². The van der Waals surface area contributed by atoms with Crippen molar-refractivity contribution in [2.24, 2.45) is 0 Å². The Morgan fingerprint density at radius 2 is 1.79 bits per heavy atom. The van der Waals surface area contributed by atoms with Gasteiger partial charge in [0.1, 0.15) is 5.75 Å². The van der Waals surface area contributed by atoms with Crippen LogP contribution in [0.3, 0.4) is 0 Å². The number of ether oxygens (including phenoxy) is 1. The van der Waals surface area contributed by atoms with Gasteiger partial charge >= 0.3 is 0 Å². The Bertz CT molecular complexity index is 797. The van der Waals surface area contributed by atoms with E-state index in [1.54, 1.807) is 7.11 Å². The van der Waals surface area contributed by atoms with Gasteiger partial charge in [-0.1, -0.05) is 62.0 Å². The number of benzene rings is 2. The fourth-order valence-corrected chi connectivity index (χ4v) is 3.06. The van der Waals surface area contributed by atoms with Crippen LogP contribution < -0.4 is 4.74 Å². The van der Waals surface area contributed by atoms with Crippen molar-refractivity contribution in [3.63, 3.8) is 0 Å². The molecule has 0 amide bonds. The number of hydrogen-bond donors (Lipinski definition) is 0. The first-order chi connectivity index (χ1) is 11.7. The molecule has 124 valence electrons. The fourth-order valence-electron chi connectivity index (χ4n) is 2.34. The van der Waals surface area contributed by atoms with Crippen molar-refractivity contribution in [1.82, 2.24) is 10.2 Å². The number of thioether (sulfide) groups is 1. The molecule has 0 fully saturated rings. The van der Waals surface area contributed by atoms with Gasteiger partial charge in [-0.25, -0.2) is 0 Å². The number of para-hydroxylation sites is 1. The van der Waals surface area contributed by atoms with Crippen molar-refractivity contribution in [3.8, 4) is 17.2 Å². The van der Waals surface area contributed by atoms with Crippen LogP contribution in [-0.2, 0) is 5.75 Å². The summed E-state index contributed by atoms with van der Waals surface area (Å²) in [6, 6.07) is 16.3. The van der Waals surface area contributed by atoms with Crippen LogP contribution in [0.5, 0.6) is 5.75 Å². The molecule has 5 heteroatoms. The third-order valence-corrected chi connectivity index (χ3v) is 4.64. The molecule has 0 aliphatic heterocycles. The molecule has 24 heavy (non-hydrogen) atoms. The molecule has 2 aromatic carbocycles. The number of nitrogens with zero attached hydrogens (tertiary/aromatic N) is 2. The standard InChI is InChI=1S/C19H20N2O2S/c1-13(2)15-10-8-14(9-11-15)12-24-19-21-20-18(23-19)16-6-4-5-7-17(16)22-3/h4-11,13H,12H2,1-3H3. The summed E-state index contributed by atoms with van der Waals surface area (Å²) in [5.41, 5.74) is 3.39. The van der Waals surface area contributed by atoms with Crippen LogP contribution in [0, 0.1) is 0 Å². The topological polar surface area (TPSA) is 48.2 Å². The zero-order chi connectivity index (χ0) is 16.9. The molecule has 0 unspecified atom stereocenters. The first-order valence-electron chi connectivity index (χ1n) is 7.86. The Hall–Kier alpha value is -2.27. The Morgan fingerprint density at radius 3 is 2.50 bits per heavy atom. The van der Waals surface area contributed by atoms with E-state index in [0.29, 0.717) is 17.0 Å². The van der Waals surface area contributed by atoms with Crippen LogP contribution in [0.25, 0.3) is 11.5 Å². The van der Waals surface area contributed by atoms with Crippen LogP contribution in [0.4, 0.5) is 0 Å². The lowest BCUT2D eigenvalue weighted by Gasteiger charge is -2.06. The van der Waals surface area contributed by atoms with E-state index < -0.39 is 0 Å². The van der Waals surface area contributed by atoms with Crippen LogP contribution in [0.15, 0.2) is 58.2 Å². The monoisotopic (exact) mass is 340 g/mol. The van der Waals surface area contributed by atoms with Gasteiger partial charge in [-0.2, -0.15) is 0 Å². The molecule has 0 radical (unpaired) electrons. The van der Waals surface area contributed by atoms with Gasteiger partial charge in [-0.05, 0) is 29.2 Å². The molecular weight excluding hydrogens is 320 g/mol. The van der Waals surface area contributed by atoms with Crippen LogP contribution in [0.1, 0.15) is 30.9 Å². The molecule has 0 aliphatic rings. The van der Waals surface area contributed by atoms with E-state index in [-0.39, 0.29) is 0 Å². The third kappa shape index (κ3) is 3.79. The quantitative estimate of drug-likeness (QED) is 0.580. The largest absolute Gasteiger partial charge is 0.496 e.